The Kier molecular flexibility index (Phi) is 10.6. The molecule has 0 fully saturated rings. The second-order valence-corrected chi connectivity index (χ2v) is 5.78. The molecule has 0 aliphatic rings. The van der Waals surface area contributed by atoms with Gasteiger partial charge in [0.05, 0.1) is 33.6 Å². The zero-order valence-electron chi connectivity index (χ0n) is 18.9. The normalized spacial score (nSPS) is 9.77. The molecule has 0 radical (unpaired) electrons. The van der Waals surface area contributed by atoms with E-state index in [-0.39, 0.29) is 18.8 Å². The molecule has 0 amide bonds. The molecule has 0 aliphatic carbocycles. The maximum absolute atomic E-state index is 14.2. The predicted molar refractivity (Wildman–Crippen MR) is 119 cm³/mol. The first-order chi connectivity index (χ1) is 14.6. The number of hydrogen-bond donors (Lipinski definition) is 1. The molecule has 3 rings (SSSR count). The van der Waals surface area contributed by atoms with Gasteiger partial charge in [0, 0.05) is 23.6 Å². The minimum absolute atomic E-state index is 0.160. The maximum Gasteiger partial charge on any atom is 0.161 e. The van der Waals surface area contributed by atoms with Crippen LogP contribution in [0.1, 0.15) is 44.5 Å². The van der Waals surface area contributed by atoms with E-state index in [1.165, 1.54) is 13.2 Å². The molecule has 0 aliphatic heterocycles. The molecule has 1 heterocycles. The molecule has 30 heavy (non-hydrogen) atoms. The first-order valence-corrected chi connectivity index (χ1v) is 10.1. The van der Waals surface area contributed by atoms with Crippen LogP contribution in [0.5, 0.6) is 17.2 Å². The van der Waals surface area contributed by atoms with Crippen molar-refractivity contribution in [3.05, 3.63) is 59.2 Å². The zero-order chi connectivity index (χ0) is 22.7. The van der Waals surface area contributed by atoms with Crippen molar-refractivity contribution in [2.75, 3.05) is 21.3 Å². The van der Waals surface area contributed by atoms with E-state index >= 15 is 0 Å². The maximum atomic E-state index is 14.2. The average Bonchev–Trinajstić information content (AvgIpc) is 2.82. The highest BCUT2D eigenvalue weighted by atomic mass is 19.1. The second kappa shape index (κ2) is 12.6. The number of aromatic nitrogens is 1. The first kappa shape index (κ1) is 25.2. The molecule has 2 aromatic carbocycles. The first-order valence-electron chi connectivity index (χ1n) is 10.1. The van der Waals surface area contributed by atoms with Crippen molar-refractivity contribution in [3.63, 3.8) is 0 Å². The lowest BCUT2D eigenvalue weighted by Crippen LogP contribution is -2.01. The molecule has 3 aromatic rings. The molecular weight excluding hydrogens is 385 g/mol. The Morgan fingerprint density at radius 2 is 1.43 bits per heavy atom. The summed E-state index contributed by atoms with van der Waals surface area (Å²) in [4.78, 5) is 4.44. The second-order valence-electron chi connectivity index (χ2n) is 5.78. The number of aliphatic hydroxyl groups excluding tert-OH is 1. The van der Waals surface area contributed by atoms with Crippen molar-refractivity contribution in [3.8, 4) is 17.2 Å². The number of ether oxygens (including phenoxy) is 3. The summed E-state index contributed by atoms with van der Waals surface area (Å²) in [6, 6.07) is 8.21. The Hall–Kier alpha value is -2.86. The monoisotopic (exact) mass is 417 g/mol. The Labute approximate surface area is 178 Å². The van der Waals surface area contributed by atoms with Crippen LogP contribution < -0.4 is 14.2 Å². The van der Waals surface area contributed by atoms with Crippen LogP contribution in [0.3, 0.4) is 0 Å². The highest BCUT2D eigenvalue weighted by Gasteiger charge is 2.15. The quantitative estimate of drug-likeness (QED) is 0.571. The van der Waals surface area contributed by atoms with E-state index in [1.54, 1.807) is 44.7 Å². The fourth-order valence-electron chi connectivity index (χ4n) is 2.94. The Bertz CT molecular complexity index is 944. The van der Waals surface area contributed by atoms with Gasteiger partial charge >= 0.3 is 0 Å². The third-order valence-electron chi connectivity index (χ3n) is 4.34. The van der Waals surface area contributed by atoms with Crippen LogP contribution in [0.25, 0.3) is 10.8 Å². The molecule has 0 bridgehead atoms. The lowest BCUT2D eigenvalue weighted by atomic mass is 10.00. The SMILES string of the molecule is CC.CC.COc1ccc(F)c(Cc2ncc(CO)c3cc(OC)c(OC)cc23)c1. The Balaban J connectivity index is 0.00000106. The van der Waals surface area contributed by atoms with E-state index in [1.807, 2.05) is 27.7 Å². The van der Waals surface area contributed by atoms with Crippen molar-refractivity contribution in [2.24, 2.45) is 0 Å². The van der Waals surface area contributed by atoms with Crippen LogP contribution in [0.15, 0.2) is 36.5 Å². The molecule has 0 unspecified atom stereocenters. The summed E-state index contributed by atoms with van der Waals surface area (Å²) in [5, 5.41) is 11.2. The van der Waals surface area contributed by atoms with Crippen LogP contribution in [0, 0.1) is 5.82 Å². The van der Waals surface area contributed by atoms with E-state index in [0.717, 1.165) is 10.8 Å². The van der Waals surface area contributed by atoms with Crippen molar-refractivity contribution in [1.29, 1.82) is 0 Å². The fraction of sp³-hybridized carbons (Fsp3) is 0.375. The minimum atomic E-state index is -0.326. The van der Waals surface area contributed by atoms with Gasteiger partial charge < -0.3 is 19.3 Å². The van der Waals surface area contributed by atoms with Crippen LogP contribution in [0.2, 0.25) is 0 Å². The zero-order valence-corrected chi connectivity index (χ0v) is 18.9. The highest BCUT2D eigenvalue weighted by Crippen LogP contribution is 2.35. The molecule has 0 atom stereocenters. The summed E-state index contributed by atoms with van der Waals surface area (Å²) in [7, 11) is 4.64. The summed E-state index contributed by atoms with van der Waals surface area (Å²) in [5.74, 6) is 1.35. The van der Waals surface area contributed by atoms with Crippen molar-refractivity contribution in [1.82, 2.24) is 4.98 Å². The van der Waals surface area contributed by atoms with Gasteiger partial charge in [-0.15, -0.1) is 0 Å². The van der Waals surface area contributed by atoms with Gasteiger partial charge in [-0.2, -0.15) is 0 Å². The summed E-state index contributed by atoms with van der Waals surface area (Å²) in [6.45, 7) is 7.84. The Morgan fingerprint density at radius 1 is 0.833 bits per heavy atom. The van der Waals surface area contributed by atoms with Gasteiger partial charge in [-0.3, -0.25) is 4.98 Å². The number of fused-ring (bicyclic) bond motifs is 1. The molecule has 1 N–H and O–H groups in total. The van der Waals surface area contributed by atoms with E-state index < -0.39 is 0 Å². The van der Waals surface area contributed by atoms with Gasteiger partial charge in [0.2, 0.25) is 0 Å². The number of hydrogen-bond acceptors (Lipinski definition) is 5. The third-order valence-corrected chi connectivity index (χ3v) is 4.34. The number of nitrogens with zero attached hydrogens (tertiary/aromatic N) is 1. The molecule has 1 aromatic heterocycles. The van der Waals surface area contributed by atoms with Gasteiger partial charge in [0.15, 0.2) is 11.5 Å². The smallest absolute Gasteiger partial charge is 0.161 e. The van der Waals surface area contributed by atoms with Gasteiger partial charge in [-0.05, 0) is 41.3 Å². The molecule has 0 spiro atoms. The number of methoxy groups -OCH3 is 3. The lowest BCUT2D eigenvalue weighted by molar-refractivity contribution is 0.283. The highest BCUT2D eigenvalue weighted by molar-refractivity contribution is 5.90. The van der Waals surface area contributed by atoms with E-state index in [4.69, 9.17) is 14.2 Å². The van der Waals surface area contributed by atoms with Crippen LogP contribution in [0.4, 0.5) is 4.39 Å². The lowest BCUT2D eigenvalue weighted by Gasteiger charge is -2.14. The van der Waals surface area contributed by atoms with Gasteiger partial charge in [0.25, 0.3) is 0 Å². The number of halogens is 1. The predicted octanol–water partition coefficient (Wildman–Crippen LogP) is 5.54. The van der Waals surface area contributed by atoms with Crippen LogP contribution >= 0.6 is 0 Å². The Morgan fingerprint density at radius 3 is 1.97 bits per heavy atom. The summed E-state index contributed by atoms with van der Waals surface area (Å²) in [5.41, 5.74) is 1.81. The van der Waals surface area contributed by atoms with Crippen molar-refractivity contribution < 1.29 is 23.7 Å². The van der Waals surface area contributed by atoms with Gasteiger partial charge in [-0.1, -0.05) is 27.7 Å². The summed E-state index contributed by atoms with van der Waals surface area (Å²) >= 11 is 0. The molecule has 5 nitrogen and oxygen atoms in total. The number of benzene rings is 2. The summed E-state index contributed by atoms with van der Waals surface area (Å²) < 4.78 is 30.1. The van der Waals surface area contributed by atoms with Crippen LogP contribution in [-0.4, -0.2) is 31.4 Å². The molecular formula is C24H32FNO4. The van der Waals surface area contributed by atoms with E-state index in [0.29, 0.717) is 34.1 Å². The number of aliphatic hydroxyl groups is 1. The van der Waals surface area contributed by atoms with Gasteiger partial charge in [-0.25, -0.2) is 4.39 Å². The number of pyridine rings is 1. The van der Waals surface area contributed by atoms with E-state index in [2.05, 4.69) is 4.98 Å². The summed E-state index contributed by atoms with van der Waals surface area (Å²) in [6.07, 6.45) is 1.88. The standard InChI is InChI=1S/C20H20FNO4.2C2H6/c1-24-14-4-5-17(21)12(6-14)7-18-16-9-20(26-3)19(25-2)8-15(16)13(11-23)10-22-18;2*1-2/h4-6,8-10,23H,7,11H2,1-3H3;2*1-2H3. The van der Waals surface area contributed by atoms with Crippen molar-refractivity contribution in [2.45, 2.75) is 40.7 Å². The number of rotatable bonds is 6. The largest absolute Gasteiger partial charge is 0.497 e. The van der Waals surface area contributed by atoms with Crippen molar-refractivity contribution >= 4 is 10.8 Å². The van der Waals surface area contributed by atoms with Gasteiger partial charge in [0.1, 0.15) is 11.6 Å². The third kappa shape index (κ3) is 5.60. The van der Waals surface area contributed by atoms with Crippen LogP contribution in [-0.2, 0) is 13.0 Å². The topological polar surface area (TPSA) is 60.8 Å². The van der Waals surface area contributed by atoms with E-state index in [9.17, 15) is 9.50 Å². The molecule has 0 saturated heterocycles. The minimum Gasteiger partial charge on any atom is -0.497 e. The molecule has 6 heteroatoms. The fourth-order valence-corrected chi connectivity index (χ4v) is 2.94. The molecule has 164 valence electrons. The molecule has 0 saturated carbocycles. The average molecular weight is 418 g/mol.